The summed E-state index contributed by atoms with van der Waals surface area (Å²) in [5.74, 6) is 0. The fraction of sp³-hybridized carbons (Fsp3) is 1.00. The number of hydrogen-bond donors (Lipinski definition) is 0. The Hall–Kier alpha value is -0.400. The van der Waals surface area contributed by atoms with Gasteiger partial charge >= 0.3 is 0 Å². The van der Waals surface area contributed by atoms with Crippen molar-refractivity contribution in [2.75, 3.05) is 93.8 Å². The molecule has 10 nitrogen and oxygen atoms in total. The molecule has 1 aliphatic heterocycles. The summed E-state index contributed by atoms with van der Waals surface area (Å²) in [6.07, 6.45) is 0. The molecular weight excluding hydrogens is 324 g/mol. The third-order valence-electron chi connectivity index (χ3n) is 2.78. The molecule has 0 aliphatic carbocycles. The Labute approximate surface area is 143 Å². The molecule has 1 rings (SSSR count). The average Bonchev–Trinajstić information content (AvgIpc) is 2.59. The molecule has 0 amide bonds. The molecule has 0 unspecified atom stereocenters. The summed E-state index contributed by atoms with van der Waals surface area (Å²) in [6, 6.07) is 0. The average molecular weight is 354 g/mol. The van der Waals surface area contributed by atoms with E-state index in [1.165, 1.54) is 10.3 Å². The van der Waals surface area contributed by atoms with Gasteiger partial charge in [0, 0.05) is 14.2 Å². The third-order valence-corrected chi connectivity index (χ3v) is 2.78. The Morgan fingerprint density at radius 3 is 1.12 bits per heavy atom. The van der Waals surface area contributed by atoms with Crippen molar-refractivity contribution in [2.24, 2.45) is 0 Å². The van der Waals surface area contributed by atoms with Gasteiger partial charge in [-0.1, -0.05) is 10.3 Å². The molecule has 0 saturated carbocycles. The normalized spacial score (nSPS) is 22.8. The van der Waals surface area contributed by atoms with Gasteiger partial charge in [-0.3, -0.25) is 9.68 Å². The molecular formula is C14H30N2O8. The van der Waals surface area contributed by atoms with Crippen LogP contribution in [0.4, 0.5) is 0 Å². The number of hydroxylamine groups is 2. The fourth-order valence-corrected chi connectivity index (χ4v) is 1.72. The molecule has 0 N–H and O–H groups in total. The van der Waals surface area contributed by atoms with Crippen LogP contribution >= 0.6 is 0 Å². The Balaban J connectivity index is 2.42. The van der Waals surface area contributed by atoms with Gasteiger partial charge in [0.2, 0.25) is 0 Å². The second kappa shape index (κ2) is 16.1. The van der Waals surface area contributed by atoms with Gasteiger partial charge in [0.1, 0.15) is 13.5 Å². The van der Waals surface area contributed by atoms with E-state index in [1.807, 2.05) is 0 Å². The first-order valence-corrected chi connectivity index (χ1v) is 7.98. The minimum atomic E-state index is 0.182. The first-order valence-electron chi connectivity index (χ1n) is 7.98. The lowest BCUT2D eigenvalue weighted by molar-refractivity contribution is -0.440. The van der Waals surface area contributed by atoms with Crippen LogP contribution in [0, 0.1) is 0 Å². The van der Waals surface area contributed by atoms with Gasteiger partial charge in [-0.05, 0) is 0 Å². The number of ether oxygens (including phenoxy) is 6. The second-order valence-corrected chi connectivity index (χ2v) is 4.66. The van der Waals surface area contributed by atoms with Crippen LogP contribution in [0.1, 0.15) is 0 Å². The summed E-state index contributed by atoms with van der Waals surface area (Å²) in [5.41, 5.74) is 0. The number of methoxy groups -OCH3 is 2. The summed E-state index contributed by atoms with van der Waals surface area (Å²) < 4.78 is 31.8. The van der Waals surface area contributed by atoms with E-state index in [0.717, 1.165) is 0 Å². The van der Waals surface area contributed by atoms with Crippen molar-refractivity contribution in [3.8, 4) is 0 Å². The molecule has 0 spiro atoms. The molecule has 0 bridgehead atoms. The summed E-state index contributed by atoms with van der Waals surface area (Å²) in [4.78, 5) is 11.2. The molecule has 24 heavy (non-hydrogen) atoms. The highest BCUT2D eigenvalue weighted by Gasteiger charge is 2.17. The smallest absolute Gasteiger partial charge is 0.140 e. The Morgan fingerprint density at radius 2 is 0.833 bits per heavy atom. The molecule has 1 heterocycles. The molecule has 1 fully saturated rings. The van der Waals surface area contributed by atoms with Gasteiger partial charge < -0.3 is 28.4 Å². The lowest BCUT2D eigenvalue weighted by Crippen LogP contribution is -2.45. The highest BCUT2D eigenvalue weighted by Crippen LogP contribution is 2.02. The Morgan fingerprint density at radius 1 is 0.542 bits per heavy atom. The van der Waals surface area contributed by atoms with Crippen LogP contribution in [-0.4, -0.2) is 104 Å². The molecule has 0 aromatic carbocycles. The first-order chi connectivity index (χ1) is 11.9. The van der Waals surface area contributed by atoms with E-state index in [1.54, 1.807) is 14.2 Å². The monoisotopic (exact) mass is 354 g/mol. The van der Waals surface area contributed by atoms with Crippen molar-refractivity contribution in [1.29, 1.82) is 0 Å². The molecule has 1 aliphatic rings. The van der Waals surface area contributed by atoms with E-state index < -0.39 is 0 Å². The zero-order valence-electron chi connectivity index (χ0n) is 14.6. The van der Waals surface area contributed by atoms with Gasteiger partial charge in [0.25, 0.3) is 0 Å². The number of hydrogen-bond acceptors (Lipinski definition) is 10. The quantitative estimate of drug-likeness (QED) is 0.668. The van der Waals surface area contributed by atoms with Gasteiger partial charge in [-0.25, -0.2) is 0 Å². The third kappa shape index (κ3) is 11.2. The first kappa shape index (κ1) is 21.6. The van der Waals surface area contributed by atoms with E-state index in [2.05, 4.69) is 0 Å². The van der Waals surface area contributed by atoms with Crippen LogP contribution in [0.5, 0.6) is 0 Å². The molecule has 10 heteroatoms. The second-order valence-electron chi connectivity index (χ2n) is 4.66. The van der Waals surface area contributed by atoms with Crippen LogP contribution in [0.3, 0.4) is 0 Å². The summed E-state index contributed by atoms with van der Waals surface area (Å²) in [5, 5.41) is 2.85. The maximum absolute atomic E-state index is 5.60. The highest BCUT2D eigenvalue weighted by molar-refractivity contribution is 4.37. The Kier molecular flexibility index (Phi) is 14.5. The van der Waals surface area contributed by atoms with Crippen molar-refractivity contribution < 1.29 is 38.1 Å². The number of rotatable bonds is 4. The van der Waals surface area contributed by atoms with Crippen LogP contribution in [0.25, 0.3) is 0 Å². The van der Waals surface area contributed by atoms with E-state index in [-0.39, 0.29) is 13.5 Å². The molecule has 0 atom stereocenters. The summed E-state index contributed by atoms with van der Waals surface area (Å²) in [6.45, 7) is 4.98. The highest BCUT2D eigenvalue weighted by atomic mass is 16.9. The predicted molar refractivity (Wildman–Crippen MR) is 82.6 cm³/mol. The van der Waals surface area contributed by atoms with E-state index in [4.69, 9.17) is 38.1 Å². The van der Waals surface area contributed by atoms with Crippen molar-refractivity contribution >= 4 is 0 Å². The van der Waals surface area contributed by atoms with Gasteiger partial charge in [-0.15, -0.1) is 0 Å². The standard InChI is InChI=1S/C14H30N2O8/c1-17-13-15-16(14-18-2)24-12-10-22-8-6-20-4-3-19-5-7-21-9-11-23-15/h3-14H2,1-2H3. The van der Waals surface area contributed by atoms with E-state index in [0.29, 0.717) is 66.1 Å². The zero-order valence-corrected chi connectivity index (χ0v) is 14.6. The maximum Gasteiger partial charge on any atom is 0.140 e. The zero-order chi connectivity index (χ0) is 17.3. The molecule has 0 radical (unpaired) electrons. The summed E-state index contributed by atoms with van der Waals surface area (Å²) in [7, 11) is 3.13. The maximum atomic E-state index is 5.60. The van der Waals surface area contributed by atoms with Crippen LogP contribution in [-0.2, 0) is 38.1 Å². The SMILES string of the molecule is COCN1OCCOCCOCCOCCOCCON1COC. The lowest BCUT2D eigenvalue weighted by atomic mass is 10.7. The van der Waals surface area contributed by atoms with E-state index in [9.17, 15) is 0 Å². The molecule has 144 valence electrons. The summed E-state index contributed by atoms with van der Waals surface area (Å²) >= 11 is 0. The van der Waals surface area contributed by atoms with Crippen LogP contribution < -0.4 is 0 Å². The topological polar surface area (TPSA) is 80.3 Å². The van der Waals surface area contributed by atoms with Crippen molar-refractivity contribution in [1.82, 2.24) is 10.3 Å². The van der Waals surface area contributed by atoms with Crippen LogP contribution in [0.15, 0.2) is 0 Å². The van der Waals surface area contributed by atoms with Gasteiger partial charge in [-0.2, -0.15) is 0 Å². The number of nitrogens with zero attached hydrogens (tertiary/aromatic N) is 2. The predicted octanol–water partition coefficient (Wildman–Crippen LogP) is -0.344. The fourth-order valence-electron chi connectivity index (χ4n) is 1.72. The van der Waals surface area contributed by atoms with Crippen molar-refractivity contribution in [3.05, 3.63) is 0 Å². The lowest BCUT2D eigenvalue weighted by Gasteiger charge is -2.31. The largest absolute Gasteiger partial charge is 0.377 e. The molecule has 1 saturated heterocycles. The van der Waals surface area contributed by atoms with Crippen LogP contribution in [0.2, 0.25) is 0 Å². The van der Waals surface area contributed by atoms with Gasteiger partial charge in [0.05, 0.1) is 66.1 Å². The van der Waals surface area contributed by atoms with E-state index >= 15 is 0 Å². The van der Waals surface area contributed by atoms with Gasteiger partial charge in [0.15, 0.2) is 0 Å². The molecule has 0 aromatic heterocycles. The minimum absolute atomic E-state index is 0.182. The molecule has 0 aromatic rings. The van der Waals surface area contributed by atoms with Crippen molar-refractivity contribution in [3.63, 3.8) is 0 Å². The van der Waals surface area contributed by atoms with Crippen molar-refractivity contribution in [2.45, 2.75) is 0 Å². The Bertz CT molecular complexity index is 249. The number of hydrazine groups is 1. The minimum Gasteiger partial charge on any atom is -0.377 e.